The summed E-state index contributed by atoms with van der Waals surface area (Å²) in [5.74, 6) is 0.987. The Morgan fingerprint density at radius 3 is 2.52 bits per heavy atom. The molecule has 3 nitrogen and oxygen atoms in total. The smallest absolute Gasteiger partial charge is 0.123 e. The number of rotatable bonds is 6. The van der Waals surface area contributed by atoms with E-state index in [0.717, 1.165) is 18.8 Å². The van der Waals surface area contributed by atoms with Gasteiger partial charge in [-0.05, 0) is 39.3 Å². The lowest BCUT2D eigenvalue weighted by atomic mass is 9.95. The largest absolute Gasteiger partial charge is 0.496 e. The first-order valence-electron chi connectivity index (χ1n) is 8.29. The molecule has 0 amide bonds. The summed E-state index contributed by atoms with van der Waals surface area (Å²) in [7, 11) is 1.76. The molecule has 1 fully saturated rings. The number of benzene rings is 1. The number of hydrogen-bond donors (Lipinski definition) is 1. The molecule has 3 unspecified atom stereocenters. The van der Waals surface area contributed by atoms with E-state index in [0.29, 0.717) is 18.1 Å². The third-order valence-corrected chi connectivity index (χ3v) is 4.73. The highest BCUT2D eigenvalue weighted by molar-refractivity contribution is 5.36. The number of hydrogen-bond acceptors (Lipinski definition) is 3. The predicted octanol–water partition coefficient (Wildman–Crippen LogP) is 3.61. The maximum absolute atomic E-state index is 5.56. The molecule has 1 N–H and O–H groups in total. The highest BCUT2D eigenvalue weighted by Crippen LogP contribution is 2.29. The summed E-state index contributed by atoms with van der Waals surface area (Å²) >= 11 is 0. The predicted molar refractivity (Wildman–Crippen MR) is 88.9 cm³/mol. The van der Waals surface area contributed by atoms with Crippen molar-refractivity contribution in [2.75, 3.05) is 20.2 Å². The number of methoxy groups -OCH3 is 1. The Bertz CT molecular complexity index is 425. The van der Waals surface area contributed by atoms with Crippen molar-refractivity contribution < 1.29 is 4.74 Å². The number of likely N-dealkylation sites (tertiary alicyclic amines) is 1. The van der Waals surface area contributed by atoms with Crippen molar-refractivity contribution in [2.45, 2.75) is 58.2 Å². The maximum Gasteiger partial charge on any atom is 0.123 e. The summed E-state index contributed by atoms with van der Waals surface area (Å²) in [6, 6.07) is 10.1. The van der Waals surface area contributed by atoms with Crippen LogP contribution in [-0.4, -0.2) is 37.2 Å². The number of likely N-dealkylation sites (N-methyl/N-ethyl adjacent to an activating group) is 1. The van der Waals surface area contributed by atoms with E-state index in [2.05, 4.69) is 49.2 Å². The van der Waals surface area contributed by atoms with Crippen LogP contribution in [0.1, 0.15) is 51.6 Å². The van der Waals surface area contributed by atoms with Crippen LogP contribution in [0.3, 0.4) is 0 Å². The maximum atomic E-state index is 5.56. The fourth-order valence-corrected chi connectivity index (χ4v) is 3.52. The zero-order valence-electron chi connectivity index (χ0n) is 13.9. The fourth-order valence-electron chi connectivity index (χ4n) is 3.52. The van der Waals surface area contributed by atoms with Gasteiger partial charge in [0, 0.05) is 30.2 Å². The van der Waals surface area contributed by atoms with E-state index in [9.17, 15) is 0 Å². The van der Waals surface area contributed by atoms with Crippen LogP contribution in [0, 0.1) is 0 Å². The zero-order chi connectivity index (χ0) is 15.2. The van der Waals surface area contributed by atoms with Gasteiger partial charge in [0.1, 0.15) is 5.75 Å². The molecule has 0 aliphatic carbocycles. The number of nitrogens with zero attached hydrogens (tertiary/aromatic N) is 1. The summed E-state index contributed by atoms with van der Waals surface area (Å²) < 4.78 is 5.56. The van der Waals surface area contributed by atoms with E-state index in [-0.39, 0.29) is 0 Å². The van der Waals surface area contributed by atoms with Crippen LogP contribution in [0.15, 0.2) is 24.3 Å². The van der Waals surface area contributed by atoms with Crippen molar-refractivity contribution in [2.24, 2.45) is 0 Å². The standard InChI is InChI=1S/C18H30N2O/c1-5-19-17(16-11-6-7-12-18(16)21-4)13-20-14(2)9-8-10-15(20)3/h6-7,11-12,14-15,17,19H,5,8-10,13H2,1-4H3. The van der Waals surface area contributed by atoms with Gasteiger partial charge in [0.15, 0.2) is 0 Å². The van der Waals surface area contributed by atoms with Crippen molar-refractivity contribution in [1.29, 1.82) is 0 Å². The van der Waals surface area contributed by atoms with E-state index in [1.807, 2.05) is 6.07 Å². The first-order valence-corrected chi connectivity index (χ1v) is 8.29. The van der Waals surface area contributed by atoms with E-state index >= 15 is 0 Å². The Hall–Kier alpha value is -1.06. The highest BCUT2D eigenvalue weighted by atomic mass is 16.5. The molecule has 1 heterocycles. The minimum absolute atomic E-state index is 0.328. The van der Waals surface area contributed by atoms with E-state index < -0.39 is 0 Å². The lowest BCUT2D eigenvalue weighted by Gasteiger charge is -2.41. The van der Waals surface area contributed by atoms with Crippen molar-refractivity contribution in [3.8, 4) is 5.75 Å². The molecule has 21 heavy (non-hydrogen) atoms. The summed E-state index contributed by atoms with van der Waals surface area (Å²) in [5, 5.41) is 3.64. The molecule has 1 aliphatic rings. The second-order valence-electron chi connectivity index (χ2n) is 6.18. The van der Waals surface area contributed by atoms with Gasteiger partial charge < -0.3 is 10.1 Å². The van der Waals surface area contributed by atoms with E-state index in [1.54, 1.807) is 7.11 Å². The van der Waals surface area contributed by atoms with Gasteiger partial charge in [0.05, 0.1) is 7.11 Å². The summed E-state index contributed by atoms with van der Waals surface area (Å²) in [6.07, 6.45) is 3.99. The quantitative estimate of drug-likeness (QED) is 0.866. The summed E-state index contributed by atoms with van der Waals surface area (Å²) in [4.78, 5) is 2.66. The molecule has 1 aromatic carbocycles. The molecule has 0 spiro atoms. The van der Waals surface area contributed by atoms with Crippen LogP contribution in [0.5, 0.6) is 5.75 Å². The molecule has 118 valence electrons. The van der Waals surface area contributed by atoms with E-state index in [4.69, 9.17) is 4.74 Å². The van der Waals surface area contributed by atoms with Gasteiger partial charge in [-0.25, -0.2) is 0 Å². The summed E-state index contributed by atoms with van der Waals surface area (Å²) in [6.45, 7) is 8.92. The molecule has 3 heteroatoms. The number of ether oxygens (including phenoxy) is 1. The molecular formula is C18H30N2O. The number of para-hydroxylation sites is 1. The Balaban J connectivity index is 2.18. The lowest BCUT2D eigenvalue weighted by Crippen LogP contribution is -2.47. The van der Waals surface area contributed by atoms with Crippen LogP contribution in [0.25, 0.3) is 0 Å². The molecule has 3 atom stereocenters. The topological polar surface area (TPSA) is 24.5 Å². The van der Waals surface area contributed by atoms with Gasteiger partial charge in [-0.3, -0.25) is 4.90 Å². The normalized spacial score (nSPS) is 24.8. The Kier molecular flexibility index (Phi) is 6.07. The van der Waals surface area contributed by atoms with Gasteiger partial charge in [0.2, 0.25) is 0 Å². The van der Waals surface area contributed by atoms with Crippen molar-refractivity contribution in [3.05, 3.63) is 29.8 Å². The van der Waals surface area contributed by atoms with E-state index in [1.165, 1.54) is 24.8 Å². The van der Waals surface area contributed by atoms with Crippen LogP contribution in [-0.2, 0) is 0 Å². The molecule has 2 rings (SSSR count). The lowest BCUT2D eigenvalue weighted by molar-refractivity contribution is 0.0907. The first-order chi connectivity index (χ1) is 10.2. The van der Waals surface area contributed by atoms with Crippen LogP contribution in [0.2, 0.25) is 0 Å². The molecule has 1 saturated heterocycles. The highest BCUT2D eigenvalue weighted by Gasteiger charge is 2.28. The molecule has 0 bridgehead atoms. The Morgan fingerprint density at radius 1 is 1.24 bits per heavy atom. The number of nitrogens with one attached hydrogen (secondary N) is 1. The molecular weight excluding hydrogens is 260 g/mol. The van der Waals surface area contributed by atoms with Crippen molar-refractivity contribution >= 4 is 0 Å². The third-order valence-electron chi connectivity index (χ3n) is 4.73. The van der Waals surface area contributed by atoms with Gasteiger partial charge in [-0.2, -0.15) is 0 Å². The monoisotopic (exact) mass is 290 g/mol. The molecule has 1 aromatic rings. The van der Waals surface area contributed by atoms with Gasteiger partial charge >= 0.3 is 0 Å². The number of piperidine rings is 1. The van der Waals surface area contributed by atoms with Crippen molar-refractivity contribution in [3.63, 3.8) is 0 Å². The van der Waals surface area contributed by atoms with Gasteiger partial charge in [-0.1, -0.05) is 31.5 Å². The van der Waals surface area contributed by atoms with Crippen LogP contribution < -0.4 is 10.1 Å². The molecule has 0 saturated carbocycles. The minimum Gasteiger partial charge on any atom is -0.496 e. The SMILES string of the molecule is CCNC(CN1C(C)CCCC1C)c1ccccc1OC. The van der Waals surface area contributed by atoms with Gasteiger partial charge in [-0.15, -0.1) is 0 Å². The van der Waals surface area contributed by atoms with Gasteiger partial charge in [0.25, 0.3) is 0 Å². The second-order valence-corrected chi connectivity index (χ2v) is 6.18. The van der Waals surface area contributed by atoms with Crippen molar-refractivity contribution in [1.82, 2.24) is 10.2 Å². The average molecular weight is 290 g/mol. The average Bonchev–Trinajstić information content (AvgIpc) is 2.50. The zero-order valence-corrected chi connectivity index (χ0v) is 13.9. The molecule has 0 aromatic heterocycles. The third kappa shape index (κ3) is 3.98. The first kappa shape index (κ1) is 16.3. The minimum atomic E-state index is 0.328. The van der Waals surface area contributed by atoms with Crippen LogP contribution in [0.4, 0.5) is 0 Å². The van der Waals surface area contributed by atoms with Crippen LogP contribution >= 0.6 is 0 Å². The molecule has 0 radical (unpaired) electrons. The Labute approximate surface area is 129 Å². The Morgan fingerprint density at radius 2 is 1.90 bits per heavy atom. The molecule has 1 aliphatic heterocycles. The summed E-state index contributed by atoms with van der Waals surface area (Å²) in [5.41, 5.74) is 1.27. The second kappa shape index (κ2) is 7.81. The fraction of sp³-hybridized carbons (Fsp3) is 0.667.